The molecule has 0 fully saturated rings. The molecule has 0 aliphatic rings. The average molecular weight is 284 g/mol. The van der Waals surface area contributed by atoms with E-state index in [1.54, 1.807) is 6.20 Å². The predicted octanol–water partition coefficient (Wildman–Crippen LogP) is 3.89. The van der Waals surface area contributed by atoms with Gasteiger partial charge in [0.1, 0.15) is 5.75 Å². The maximum Gasteiger partial charge on any atom is 0.155 e. The summed E-state index contributed by atoms with van der Waals surface area (Å²) >= 11 is 0. The quantitative estimate of drug-likeness (QED) is 0.839. The van der Waals surface area contributed by atoms with Crippen molar-refractivity contribution in [2.24, 2.45) is 5.73 Å². The minimum atomic E-state index is -0.215. The molecular formula is C18H24N2O. The van der Waals surface area contributed by atoms with Gasteiger partial charge in [-0.25, -0.2) is 0 Å². The third kappa shape index (κ3) is 4.30. The fraction of sp³-hybridized carbons (Fsp3) is 0.389. The molecule has 2 unspecified atom stereocenters. The predicted molar refractivity (Wildman–Crippen MR) is 86.3 cm³/mol. The molecule has 3 nitrogen and oxygen atoms in total. The summed E-state index contributed by atoms with van der Waals surface area (Å²) in [6.07, 6.45) is 4.65. The van der Waals surface area contributed by atoms with Crippen LogP contribution in [-0.2, 0) is 6.42 Å². The molecule has 112 valence electrons. The zero-order chi connectivity index (χ0) is 15.1. The van der Waals surface area contributed by atoms with Crippen molar-refractivity contribution in [1.29, 1.82) is 0 Å². The number of hydrogen-bond donors (Lipinski definition) is 1. The van der Waals surface area contributed by atoms with E-state index >= 15 is 0 Å². The number of aryl methyl sites for hydroxylation is 1. The van der Waals surface area contributed by atoms with Crippen LogP contribution in [0, 0.1) is 0 Å². The molecule has 1 heterocycles. The van der Waals surface area contributed by atoms with Crippen molar-refractivity contribution in [2.45, 2.75) is 45.3 Å². The molecule has 3 heteroatoms. The number of rotatable bonds is 7. The van der Waals surface area contributed by atoms with Crippen LogP contribution in [0.4, 0.5) is 0 Å². The van der Waals surface area contributed by atoms with E-state index in [4.69, 9.17) is 10.5 Å². The standard InChI is InChI=1S/C18H24N2O/c1-3-7-14-9-11-15(12-10-14)21-18(16(19)4-2)17-8-5-6-13-20-17/h5-6,8-13,16,18H,3-4,7,19H2,1-2H3. The second kappa shape index (κ2) is 7.79. The van der Waals surface area contributed by atoms with Crippen molar-refractivity contribution >= 4 is 0 Å². The Morgan fingerprint density at radius 1 is 1.10 bits per heavy atom. The smallest absolute Gasteiger partial charge is 0.155 e. The van der Waals surface area contributed by atoms with E-state index in [0.29, 0.717) is 0 Å². The SMILES string of the molecule is CCCc1ccc(OC(c2ccccn2)C(N)CC)cc1. The van der Waals surface area contributed by atoms with Crippen LogP contribution in [0.2, 0.25) is 0 Å². The molecular weight excluding hydrogens is 260 g/mol. The van der Waals surface area contributed by atoms with E-state index in [0.717, 1.165) is 30.7 Å². The lowest BCUT2D eigenvalue weighted by molar-refractivity contribution is 0.166. The lowest BCUT2D eigenvalue weighted by Gasteiger charge is -2.24. The molecule has 0 aliphatic carbocycles. The van der Waals surface area contributed by atoms with E-state index < -0.39 is 0 Å². The van der Waals surface area contributed by atoms with Gasteiger partial charge in [0.05, 0.1) is 5.69 Å². The molecule has 1 aromatic carbocycles. The molecule has 0 saturated heterocycles. The van der Waals surface area contributed by atoms with Crippen molar-refractivity contribution in [3.8, 4) is 5.75 Å². The Kier molecular flexibility index (Phi) is 5.76. The Hall–Kier alpha value is -1.87. The van der Waals surface area contributed by atoms with Crippen molar-refractivity contribution in [3.05, 3.63) is 59.9 Å². The first-order chi connectivity index (χ1) is 10.2. The summed E-state index contributed by atoms with van der Waals surface area (Å²) in [5.41, 5.74) is 8.42. The molecule has 1 aromatic heterocycles. The van der Waals surface area contributed by atoms with Crippen LogP contribution in [0.15, 0.2) is 48.7 Å². The number of ether oxygens (including phenoxy) is 1. The van der Waals surface area contributed by atoms with Crippen LogP contribution in [-0.4, -0.2) is 11.0 Å². The van der Waals surface area contributed by atoms with Crippen LogP contribution < -0.4 is 10.5 Å². The molecule has 2 atom stereocenters. The highest BCUT2D eigenvalue weighted by Gasteiger charge is 2.21. The van der Waals surface area contributed by atoms with Gasteiger partial charge in [0.15, 0.2) is 6.10 Å². The topological polar surface area (TPSA) is 48.1 Å². The first-order valence-corrected chi connectivity index (χ1v) is 7.66. The fourth-order valence-electron chi connectivity index (χ4n) is 2.30. The molecule has 2 N–H and O–H groups in total. The molecule has 0 saturated carbocycles. The van der Waals surface area contributed by atoms with Crippen LogP contribution >= 0.6 is 0 Å². The fourth-order valence-corrected chi connectivity index (χ4v) is 2.30. The Morgan fingerprint density at radius 3 is 2.43 bits per heavy atom. The lowest BCUT2D eigenvalue weighted by atomic mass is 10.1. The Morgan fingerprint density at radius 2 is 1.86 bits per heavy atom. The highest BCUT2D eigenvalue weighted by molar-refractivity contribution is 5.28. The van der Waals surface area contributed by atoms with E-state index in [-0.39, 0.29) is 12.1 Å². The van der Waals surface area contributed by atoms with Gasteiger partial charge in [-0.2, -0.15) is 0 Å². The number of aromatic nitrogens is 1. The van der Waals surface area contributed by atoms with E-state index in [1.165, 1.54) is 5.56 Å². The summed E-state index contributed by atoms with van der Waals surface area (Å²) in [5, 5.41) is 0. The Balaban J connectivity index is 2.15. The molecule has 0 aliphatic heterocycles. The number of nitrogens with zero attached hydrogens (tertiary/aromatic N) is 1. The minimum Gasteiger partial charge on any atom is -0.482 e. The van der Waals surface area contributed by atoms with E-state index in [1.807, 2.05) is 30.3 Å². The molecule has 2 aromatic rings. The van der Waals surface area contributed by atoms with E-state index in [2.05, 4.69) is 31.0 Å². The lowest BCUT2D eigenvalue weighted by Crippen LogP contribution is -2.32. The van der Waals surface area contributed by atoms with Gasteiger partial charge in [0.2, 0.25) is 0 Å². The Bertz CT molecular complexity index is 525. The Labute approximate surface area is 127 Å². The molecule has 0 radical (unpaired) electrons. The van der Waals surface area contributed by atoms with Gasteiger partial charge >= 0.3 is 0 Å². The molecule has 2 rings (SSSR count). The second-order valence-electron chi connectivity index (χ2n) is 5.26. The van der Waals surface area contributed by atoms with Crippen LogP contribution in [0.3, 0.4) is 0 Å². The van der Waals surface area contributed by atoms with Crippen LogP contribution in [0.1, 0.15) is 44.1 Å². The average Bonchev–Trinajstić information content (AvgIpc) is 2.54. The maximum absolute atomic E-state index is 6.21. The van der Waals surface area contributed by atoms with Gasteiger partial charge in [0.25, 0.3) is 0 Å². The first-order valence-electron chi connectivity index (χ1n) is 7.66. The minimum absolute atomic E-state index is 0.0739. The van der Waals surface area contributed by atoms with Crippen molar-refractivity contribution < 1.29 is 4.74 Å². The largest absolute Gasteiger partial charge is 0.482 e. The molecule has 0 bridgehead atoms. The first kappa shape index (κ1) is 15.5. The van der Waals surface area contributed by atoms with Gasteiger partial charge in [-0.1, -0.05) is 38.5 Å². The van der Waals surface area contributed by atoms with Gasteiger partial charge in [-0.15, -0.1) is 0 Å². The van der Waals surface area contributed by atoms with E-state index in [9.17, 15) is 0 Å². The summed E-state index contributed by atoms with van der Waals surface area (Å²) in [4.78, 5) is 4.39. The van der Waals surface area contributed by atoms with Crippen molar-refractivity contribution in [2.75, 3.05) is 0 Å². The monoisotopic (exact) mass is 284 g/mol. The van der Waals surface area contributed by atoms with Gasteiger partial charge in [-0.05, 0) is 42.7 Å². The zero-order valence-corrected chi connectivity index (χ0v) is 12.8. The highest BCUT2D eigenvalue weighted by Crippen LogP contribution is 2.24. The van der Waals surface area contributed by atoms with Gasteiger partial charge < -0.3 is 10.5 Å². The number of hydrogen-bond acceptors (Lipinski definition) is 3. The summed E-state index contributed by atoms with van der Waals surface area (Å²) in [5.74, 6) is 0.842. The summed E-state index contributed by atoms with van der Waals surface area (Å²) in [7, 11) is 0. The highest BCUT2D eigenvalue weighted by atomic mass is 16.5. The number of benzene rings is 1. The third-order valence-corrected chi connectivity index (χ3v) is 3.56. The summed E-state index contributed by atoms with van der Waals surface area (Å²) in [6, 6.07) is 14.0. The zero-order valence-electron chi connectivity index (χ0n) is 12.8. The molecule has 21 heavy (non-hydrogen) atoms. The third-order valence-electron chi connectivity index (χ3n) is 3.56. The number of pyridine rings is 1. The maximum atomic E-state index is 6.21. The van der Waals surface area contributed by atoms with Crippen molar-refractivity contribution in [1.82, 2.24) is 4.98 Å². The molecule has 0 spiro atoms. The summed E-state index contributed by atoms with van der Waals surface area (Å²) in [6.45, 7) is 4.25. The molecule has 0 amide bonds. The normalized spacial score (nSPS) is 13.7. The second-order valence-corrected chi connectivity index (χ2v) is 5.26. The van der Waals surface area contributed by atoms with Gasteiger partial charge in [-0.3, -0.25) is 4.98 Å². The van der Waals surface area contributed by atoms with Gasteiger partial charge in [0, 0.05) is 12.2 Å². The number of nitrogens with two attached hydrogens (primary N) is 1. The van der Waals surface area contributed by atoms with Crippen LogP contribution in [0.5, 0.6) is 5.75 Å². The van der Waals surface area contributed by atoms with Crippen molar-refractivity contribution in [3.63, 3.8) is 0 Å². The summed E-state index contributed by atoms with van der Waals surface area (Å²) < 4.78 is 6.10. The van der Waals surface area contributed by atoms with Crippen LogP contribution in [0.25, 0.3) is 0 Å².